The van der Waals surface area contributed by atoms with E-state index in [-0.39, 0.29) is 0 Å². The minimum absolute atomic E-state index is 0.324. The topological polar surface area (TPSA) is 117 Å². The first-order valence-electron chi connectivity index (χ1n) is 10.9. The summed E-state index contributed by atoms with van der Waals surface area (Å²) in [6.45, 7) is 5.28. The fourth-order valence-corrected chi connectivity index (χ4v) is 3.67. The predicted octanol–water partition coefficient (Wildman–Crippen LogP) is 3.07. The molecule has 1 aromatic heterocycles. The van der Waals surface area contributed by atoms with Crippen LogP contribution in [0.15, 0.2) is 30.6 Å². The van der Waals surface area contributed by atoms with Gasteiger partial charge in [-0.15, -0.1) is 0 Å². The van der Waals surface area contributed by atoms with E-state index in [1.54, 1.807) is 0 Å². The Labute approximate surface area is 213 Å². The summed E-state index contributed by atoms with van der Waals surface area (Å²) < 4.78 is 76.7. The normalized spacial score (nSPS) is 16.9. The van der Waals surface area contributed by atoms with E-state index in [9.17, 15) is 26.3 Å². The summed E-state index contributed by atoms with van der Waals surface area (Å²) >= 11 is 0. The van der Waals surface area contributed by atoms with Gasteiger partial charge in [0.2, 0.25) is 6.79 Å². The van der Waals surface area contributed by atoms with Crippen molar-refractivity contribution in [3.63, 3.8) is 0 Å². The van der Waals surface area contributed by atoms with Gasteiger partial charge in [-0.25, -0.2) is 14.6 Å². The van der Waals surface area contributed by atoms with E-state index in [0.717, 1.165) is 50.0 Å². The van der Waals surface area contributed by atoms with Gasteiger partial charge in [-0.3, -0.25) is 4.90 Å². The van der Waals surface area contributed by atoms with Gasteiger partial charge in [0.15, 0.2) is 11.5 Å². The number of benzene rings is 1. The highest BCUT2D eigenvalue weighted by Gasteiger charge is 2.38. The number of alkyl halides is 6. The molecule has 0 saturated heterocycles. The standard InChI is InChI=1S/C18H24N4O2.2C2HF3O2/c1-20(2)8-15-10-21(12-18-19-5-6-22(18)11-15)9-14-3-4-16-17(7-14)24-13-23-16;2*3-2(4,5)1(6)7/h3-7,15H,8-13H2,1-2H3;2*(H,6,7). The van der Waals surface area contributed by atoms with Crippen molar-refractivity contribution < 1.29 is 55.6 Å². The summed E-state index contributed by atoms with van der Waals surface area (Å²) in [7, 11) is 4.28. The van der Waals surface area contributed by atoms with Gasteiger partial charge in [0, 0.05) is 44.5 Å². The summed E-state index contributed by atoms with van der Waals surface area (Å²) in [6.07, 6.45) is -6.16. The first-order chi connectivity index (χ1) is 17.6. The number of carboxylic acid groups (broad SMARTS) is 2. The molecule has 4 rings (SSSR count). The van der Waals surface area contributed by atoms with Crippen LogP contribution in [0.25, 0.3) is 0 Å². The average molecular weight is 556 g/mol. The third kappa shape index (κ3) is 9.74. The molecule has 0 spiro atoms. The average Bonchev–Trinajstić information content (AvgIpc) is 3.38. The molecule has 16 heteroatoms. The number of carbonyl (C=O) groups is 2. The number of halogens is 6. The van der Waals surface area contributed by atoms with Gasteiger partial charge in [-0.1, -0.05) is 6.07 Å². The molecule has 0 radical (unpaired) electrons. The van der Waals surface area contributed by atoms with Crippen LogP contribution in [0.1, 0.15) is 11.4 Å². The van der Waals surface area contributed by atoms with Crippen molar-refractivity contribution in [1.82, 2.24) is 19.4 Å². The Hall–Kier alpha value is -3.53. The molecule has 2 aliphatic rings. The van der Waals surface area contributed by atoms with E-state index >= 15 is 0 Å². The third-order valence-electron chi connectivity index (χ3n) is 5.09. The second kappa shape index (κ2) is 12.8. The molecule has 0 aliphatic carbocycles. The van der Waals surface area contributed by atoms with E-state index in [2.05, 4.69) is 51.8 Å². The Balaban J connectivity index is 0.000000301. The molecular weight excluding hydrogens is 530 g/mol. The molecule has 2 aromatic rings. The highest BCUT2D eigenvalue weighted by Crippen LogP contribution is 2.33. The minimum Gasteiger partial charge on any atom is -0.475 e. The lowest BCUT2D eigenvalue weighted by Gasteiger charge is -2.25. The molecule has 1 aromatic carbocycles. The Bertz CT molecular complexity index is 1070. The molecule has 212 valence electrons. The van der Waals surface area contributed by atoms with Crippen LogP contribution in [0.4, 0.5) is 26.3 Å². The number of ether oxygens (including phenoxy) is 2. The second-order valence-corrected chi connectivity index (χ2v) is 8.59. The third-order valence-corrected chi connectivity index (χ3v) is 5.09. The van der Waals surface area contributed by atoms with Gasteiger partial charge >= 0.3 is 24.3 Å². The van der Waals surface area contributed by atoms with Crippen molar-refractivity contribution in [2.75, 3.05) is 34.0 Å². The van der Waals surface area contributed by atoms with Gasteiger partial charge in [0.1, 0.15) is 5.82 Å². The summed E-state index contributed by atoms with van der Waals surface area (Å²) in [5, 5.41) is 14.2. The molecule has 1 unspecified atom stereocenters. The number of rotatable bonds is 4. The molecule has 2 N–H and O–H groups in total. The maximum Gasteiger partial charge on any atom is 0.490 e. The Morgan fingerprint density at radius 1 is 1.03 bits per heavy atom. The van der Waals surface area contributed by atoms with E-state index in [1.165, 1.54) is 5.56 Å². The Morgan fingerprint density at radius 3 is 2.16 bits per heavy atom. The van der Waals surface area contributed by atoms with Gasteiger partial charge in [-0.05, 0) is 31.8 Å². The molecule has 10 nitrogen and oxygen atoms in total. The van der Waals surface area contributed by atoms with Crippen LogP contribution >= 0.6 is 0 Å². The van der Waals surface area contributed by atoms with Crippen LogP contribution in [-0.4, -0.2) is 87.8 Å². The maximum atomic E-state index is 10.6. The fraction of sp³-hybridized carbons (Fsp3) is 0.500. The maximum absolute atomic E-state index is 10.6. The highest BCUT2D eigenvalue weighted by atomic mass is 19.4. The number of aromatic nitrogens is 2. The van der Waals surface area contributed by atoms with Crippen LogP contribution < -0.4 is 9.47 Å². The second-order valence-electron chi connectivity index (χ2n) is 8.59. The van der Waals surface area contributed by atoms with E-state index < -0.39 is 24.3 Å². The molecule has 2 aliphatic heterocycles. The van der Waals surface area contributed by atoms with Crippen LogP contribution in [0.5, 0.6) is 11.5 Å². The minimum atomic E-state index is -5.08. The first-order valence-corrected chi connectivity index (χ1v) is 10.9. The number of hydrogen-bond acceptors (Lipinski definition) is 7. The number of hydrogen-bond donors (Lipinski definition) is 2. The monoisotopic (exact) mass is 556 g/mol. The number of aliphatic carboxylic acids is 2. The molecule has 0 bridgehead atoms. The number of carboxylic acids is 2. The van der Waals surface area contributed by atoms with Crippen molar-refractivity contribution >= 4 is 11.9 Å². The van der Waals surface area contributed by atoms with Crippen LogP contribution in [0.2, 0.25) is 0 Å². The molecular formula is C22H26F6N4O6. The largest absolute Gasteiger partial charge is 0.490 e. The lowest BCUT2D eigenvalue weighted by molar-refractivity contribution is -0.193. The zero-order chi connectivity index (χ0) is 28.7. The number of nitrogens with zero attached hydrogens (tertiary/aromatic N) is 4. The summed E-state index contributed by atoms with van der Waals surface area (Å²) in [5.41, 5.74) is 1.25. The molecule has 1 atom stereocenters. The van der Waals surface area contributed by atoms with Crippen LogP contribution in [-0.2, 0) is 29.2 Å². The summed E-state index contributed by atoms with van der Waals surface area (Å²) in [6, 6.07) is 6.24. The van der Waals surface area contributed by atoms with Crippen molar-refractivity contribution in [2.45, 2.75) is 32.0 Å². The van der Waals surface area contributed by atoms with Crippen molar-refractivity contribution in [1.29, 1.82) is 0 Å². The van der Waals surface area contributed by atoms with Crippen molar-refractivity contribution in [3.05, 3.63) is 42.0 Å². The number of imidazole rings is 1. The van der Waals surface area contributed by atoms with Crippen LogP contribution in [0, 0.1) is 5.92 Å². The molecule has 38 heavy (non-hydrogen) atoms. The number of fused-ring (bicyclic) bond motifs is 2. The van der Waals surface area contributed by atoms with Crippen molar-refractivity contribution in [2.24, 2.45) is 5.92 Å². The summed E-state index contributed by atoms with van der Waals surface area (Å²) in [4.78, 5) is 27.1. The zero-order valence-corrected chi connectivity index (χ0v) is 20.3. The summed E-state index contributed by atoms with van der Waals surface area (Å²) in [5.74, 6) is -2.08. The fourth-order valence-electron chi connectivity index (χ4n) is 3.67. The lowest BCUT2D eigenvalue weighted by Crippen LogP contribution is -2.33. The molecule has 0 amide bonds. The molecule has 0 saturated carbocycles. The zero-order valence-electron chi connectivity index (χ0n) is 20.3. The Kier molecular flexibility index (Phi) is 10.4. The smallest absolute Gasteiger partial charge is 0.475 e. The van der Waals surface area contributed by atoms with Crippen molar-refractivity contribution in [3.8, 4) is 11.5 Å². The van der Waals surface area contributed by atoms with Gasteiger partial charge in [-0.2, -0.15) is 26.3 Å². The van der Waals surface area contributed by atoms with E-state index in [1.807, 2.05) is 12.3 Å². The van der Waals surface area contributed by atoms with E-state index in [4.69, 9.17) is 29.3 Å². The highest BCUT2D eigenvalue weighted by molar-refractivity contribution is 5.73. The molecule has 0 fully saturated rings. The Morgan fingerprint density at radius 2 is 1.61 bits per heavy atom. The van der Waals surface area contributed by atoms with Crippen LogP contribution in [0.3, 0.4) is 0 Å². The predicted molar refractivity (Wildman–Crippen MR) is 118 cm³/mol. The van der Waals surface area contributed by atoms with Gasteiger partial charge < -0.3 is 29.2 Å². The lowest BCUT2D eigenvalue weighted by atomic mass is 10.1. The quantitative estimate of drug-likeness (QED) is 0.548. The van der Waals surface area contributed by atoms with Gasteiger partial charge in [0.25, 0.3) is 0 Å². The SMILES string of the molecule is CN(C)CC1CN(Cc2ccc3c(c2)OCO3)Cc2nccn2C1.O=C(O)C(F)(F)F.O=C(O)C(F)(F)F. The van der Waals surface area contributed by atoms with E-state index in [0.29, 0.717) is 12.7 Å². The molecule has 3 heterocycles. The van der Waals surface area contributed by atoms with Gasteiger partial charge in [0.05, 0.1) is 6.54 Å². The first kappa shape index (κ1) is 30.7.